The summed E-state index contributed by atoms with van der Waals surface area (Å²) in [4.78, 5) is 0. The fraction of sp³-hybridized carbons (Fsp3) is 0.357. The average molecular weight is 265 g/mol. The lowest BCUT2D eigenvalue weighted by Gasteiger charge is -2.08. The van der Waals surface area contributed by atoms with E-state index in [0.717, 1.165) is 24.5 Å². The maximum Gasteiger partial charge on any atom is 0.212 e. The van der Waals surface area contributed by atoms with Crippen LogP contribution in [0.5, 0.6) is 5.88 Å². The predicted molar refractivity (Wildman–Crippen MR) is 73.3 cm³/mol. The minimum atomic E-state index is 0.617. The van der Waals surface area contributed by atoms with Crippen LogP contribution in [-0.4, -0.2) is 22.3 Å². The molecule has 96 valence electrons. The number of rotatable bonds is 6. The molecule has 4 heteroatoms. The highest BCUT2D eigenvalue weighted by Crippen LogP contribution is 2.15. The second kappa shape index (κ2) is 6.45. The fourth-order valence-corrected chi connectivity index (χ4v) is 1.85. The maximum atomic E-state index is 5.69. The summed E-state index contributed by atoms with van der Waals surface area (Å²) in [5, 5.41) is 4.44. The Kier molecular flexibility index (Phi) is 4.65. The zero-order chi connectivity index (χ0) is 12.8. The van der Waals surface area contributed by atoms with Crippen molar-refractivity contribution < 1.29 is 4.74 Å². The lowest BCUT2D eigenvalue weighted by atomic mass is 10.2. The molecule has 0 aliphatic rings. The van der Waals surface area contributed by atoms with Gasteiger partial charge in [-0.25, -0.2) is 4.68 Å². The first-order chi connectivity index (χ1) is 8.79. The molecule has 3 nitrogen and oxygen atoms in total. The molecule has 2 aromatic rings. The van der Waals surface area contributed by atoms with Gasteiger partial charge in [-0.3, -0.25) is 0 Å². The first kappa shape index (κ1) is 13.0. The highest BCUT2D eigenvalue weighted by molar-refractivity contribution is 6.17. The van der Waals surface area contributed by atoms with E-state index in [1.807, 2.05) is 35.9 Å². The van der Waals surface area contributed by atoms with E-state index >= 15 is 0 Å². The number of nitrogens with zero attached hydrogens (tertiary/aromatic N) is 2. The number of alkyl halides is 1. The zero-order valence-electron chi connectivity index (χ0n) is 10.5. The van der Waals surface area contributed by atoms with Gasteiger partial charge in [-0.1, -0.05) is 30.3 Å². The molecule has 1 aromatic carbocycles. The lowest BCUT2D eigenvalue weighted by Crippen LogP contribution is -2.07. The summed E-state index contributed by atoms with van der Waals surface area (Å²) < 4.78 is 7.57. The average Bonchev–Trinajstić information content (AvgIpc) is 2.71. The van der Waals surface area contributed by atoms with Crippen molar-refractivity contribution in [2.75, 3.05) is 12.5 Å². The molecule has 0 atom stereocenters. The Hall–Kier alpha value is -1.48. The normalized spacial score (nSPS) is 10.6. The summed E-state index contributed by atoms with van der Waals surface area (Å²) in [5.41, 5.74) is 2.18. The molecule has 18 heavy (non-hydrogen) atoms. The van der Waals surface area contributed by atoms with Crippen LogP contribution in [0.4, 0.5) is 0 Å². The molecule has 0 radical (unpaired) electrons. The Labute approximate surface area is 112 Å². The maximum absolute atomic E-state index is 5.69. The van der Waals surface area contributed by atoms with Gasteiger partial charge in [0.25, 0.3) is 0 Å². The molecule has 0 saturated heterocycles. The van der Waals surface area contributed by atoms with Crippen LogP contribution in [0.15, 0.2) is 36.4 Å². The molecule has 2 rings (SSSR count). The fourth-order valence-electron chi connectivity index (χ4n) is 1.74. The lowest BCUT2D eigenvalue weighted by molar-refractivity contribution is 0.287. The topological polar surface area (TPSA) is 27.1 Å². The summed E-state index contributed by atoms with van der Waals surface area (Å²) >= 11 is 5.64. The Morgan fingerprint density at radius 1 is 1.28 bits per heavy atom. The Balaban J connectivity index is 2.07. The summed E-state index contributed by atoms with van der Waals surface area (Å²) in [6.45, 7) is 3.32. The molecule has 0 aliphatic heterocycles. The van der Waals surface area contributed by atoms with Gasteiger partial charge >= 0.3 is 0 Å². The number of hydrogen-bond donors (Lipinski definition) is 0. The minimum absolute atomic E-state index is 0.617. The number of aromatic nitrogens is 2. The van der Waals surface area contributed by atoms with Crippen molar-refractivity contribution in [3.05, 3.63) is 47.7 Å². The Bertz CT molecular complexity index is 482. The Morgan fingerprint density at radius 3 is 2.78 bits per heavy atom. The van der Waals surface area contributed by atoms with E-state index in [1.165, 1.54) is 5.56 Å². The van der Waals surface area contributed by atoms with Gasteiger partial charge in [0.1, 0.15) is 0 Å². The van der Waals surface area contributed by atoms with Crippen LogP contribution in [-0.2, 0) is 6.54 Å². The molecular weight excluding hydrogens is 248 g/mol. The molecule has 0 fully saturated rings. The van der Waals surface area contributed by atoms with Gasteiger partial charge in [0, 0.05) is 11.9 Å². The standard InChI is InChI=1S/C14H17ClN2O/c1-12-10-14(18-9-5-8-15)17(16-12)11-13-6-3-2-4-7-13/h2-4,6-7,10H,5,8-9,11H2,1H3. The molecule has 0 bridgehead atoms. The molecule has 0 amide bonds. The number of aryl methyl sites for hydroxylation is 1. The van der Waals surface area contributed by atoms with Crippen molar-refractivity contribution in [2.45, 2.75) is 19.9 Å². The van der Waals surface area contributed by atoms with Crippen molar-refractivity contribution in [3.8, 4) is 5.88 Å². The van der Waals surface area contributed by atoms with Crippen LogP contribution in [0.3, 0.4) is 0 Å². The summed E-state index contributed by atoms with van der Waals surface area (Å²) in [5.74, 6) is 1.42. The largest absolute Gasteiger partial charge is 0.478 e. The predicted octanol–water partition coefficient (Wildman–Crippen LogP) is 3.25. The first-order valence-corrected chi connectivity index (χ1v) is 6.60. The highest BCUT2D eigenvalue weighted by atomic mass is 35.5. The highest BCUT2D eigenvalue weighted by Gasteiger charge is 2.06. The molecule has 1 heterocycles. The molecule has 0 aliphatic carbocycles. The van der Waals surface area contributed by atoms with Crippen molar-refractivity contribution in [3.63, 3.8) is 0 Å². The number of ether oxygens (including phenoxy) is 1. The van der Waals surface area contributed by atoms with Gasteiger partial charge in [-0.05, 0) is 18.9 Å². The van der Waals surface area contributed by atoms with Gasteiger partial charge < -0.3 is 4.74 Å². The second-order valence-corrected chi connectivity index (χ2v) is 4.54. The number of hydrogen-bond acceptors (Lipinski definition) is 2. The third-order valence-electron chi connectivity index (χ3n) is 2.57. The van der Waals surface area contributed by atoms with Crippen molar-refractivity contribution in [2.24, 2.45) is 0 Å². The summed E-state index contributed by atoms with van der Waals surface area (Å²) in [7, 11) is 0. The minimum Gasteiger partial charge on any atom is -0.478 e. The summed E-state index contributed by atoms with van der Waals surface area (Å²) in [6.07, 6.45) is 0.844. The molecule has 1 aromatic heterocycles. The van der Waals surface area contributed by atoms with Gasteiger partial charge in [0.05, 0.1) is 18.8 Å². The van der Waals surface area contributed by atoms with E-state index in [2.05, 4.69) is 17.2 Å². The Morgan fingerprint density at radius 2 is 2.06 bits per heavy atom. The van der Waals surface area contributed by atoms with Crippen LogP contribution < -0.4 is 4.74 Å². The van der Waals surface area contributed by atoms with Gasteiger partial charge in [0.2, 0.25) is 5.88 Å². The third-order valence-corrected chi connectivity index (χ3v) is 2.84. The smallest absolute Gasteiger partial charge is 0.212 e. The second-order valence-electron chi connectivity index (χ2n) is 4.16. The van der Waals surface area contributed by atoms with Gasteiger partial charge in [-0.2, -0.15) is 5.10 Å². The van der Waals surface area contributed by atoms with Crippen molar-refractivity contribution in [1.29, 1.82) is 0 Å². The van der Waals surface area contributed by atoms with Crippen LogP contribution in [0.25, 0.3) is 0 Å². The van der Waals surface area contributed by atoms with Crippen LogP contribution >= 0.6 is 11.6 Å². The van der Waals surface area contributed by atoms with E-state index < -0.39 is 0 Å². The molecule has 0 spiro atoms. The molecule has 0 unspecified atom stereocenters. The van der Waals surface area contributed by atoms with E-state index in [9.17, 15) is 0 Å². The van der Waals surface area contributed by atoms with Crippen molar-refractivity contribution in [1.82, 2.24) is 9.78 Å². The SMILES string of the molecule is Cc1cc(OCCCCl)n(Cc2ccccc2)n1. The first-order valence-electron chi connectivity index (χ1n) is 6.07. The van der Waals surface area contributed by atoms with Gasteiger partial charge in [-0.15, -0.1) is 11.6 Å². The summed E-state index contributed by atoms with van der Waals surface area (Å²) in [6, 6.07) is 12.2. The van der Waals surface area contributed by atoms with Crippen molar-refractivity contribution >= 4 is 11.6 Å². The number of benzene rings is 1. The van der Waals surface area contributed by atoms with Gasteiger partial charge in [0.15, 0.2) is 0 Å². The molecule has 0 N–H and O–H groups in total. The van der Waals surface area contributed by atoms with E-state index in [4.69, 9.17) is 16.3 Å². The van der Waals surface area contributed by atoms with Crippen LogP contribution in [0, 0.1) is 6.92 Å². The zero-order valence-corrected chi connectivity index (χ0v) is 11.2. The van der Waals surface area contributed by atoms with E-state index in [-0.39, 0.29) is 0 Å². The van der Waals surface area contributed by atoms with E-state index in [1.54, 1.807) is 0 Å². The number of halogens is 1. The molecule has 0 saturated carbocycles. The molecular formula is C14H17ClN2O. The van der Waals surface area contributed by atoms with Crippen LogP contribution in [0.2, 0.25) is 0 Å². The quantitative estimate of drug-likeness (QED) is 0.592. The van der Waals surface area contributed by atoms with E-state index in [0.29, 0.717) is 12.5 Å². The third kappa shape index (κ3) is 3.50. The monoisotopic (exact) mass is 264 g/mol. The van der Waals surface area contributed by atoms with Crippen LogP contribution in [0.1, 0.15) is 17.7 Å².